The highest BCUT2D eigenvalue weighted by atomic mass is 16.6. The van der Waals surface area contributed by atoms with Crippen LogP contribution in [0.15, 0.2) is 29.4 Å². The van der Waals surface area contributed by atoms with Gasteiger partial charge in [-0.2, -0.15) is 5.26 Å². The van der Waals surface area contributed by atoms with Crippen LogP contribution in [0.5, 0.6) is 0 Å². The molecule has 3 nitrogen and oxygen atoms in total. The Morgan fingerprint density at radius 2 is 2.21 bits per heavy atom. The van der Waals surface area contributed by atoms with E-state index >= 15 is 0 Å². The van der Waals surface area contributed by atoms with Crippen LogP contribution in [0.4, 0.5) is 0 Å². The first-order valence-corrected chi connectivity index (χ1v) is 4.41. The number of hydrogen-bond donors (Lipinski definition) is 0. The molecule has 0 spiro atoms. The fourth-order valence-corrected chi connectivity index (χ4v) is 1.29. The molecule has 0 amide bonds. The van der Waals surface area contributed by atoms with Gasteiger partial charge >= 0.3 is 0 Å². The molecule has 69 valence electrons. The number of hydrogen-bond acceptors (Lipinski definition) is 3. The quantitative estimate of drug-likeness (QED) is 0.706. The van der Waals surface area contributed by atoms with Crippen molar-refractivity contribution < 1.29 is 4.84 Å². The normalized spacial score (nSPS) is 18.9. The summed E-state index contributed by atoms with van der Waals surface area (Å²) in [5.74, 6) is 0. The highest BCUT2D eigenvalue weighted by Gasteiger charge is 2.13. The summed E-state index contributed by atoms with van der Waals surface area (Å²) in [7, 11) is 0. The number of nitriles is 1. The Kier molecular flexibility index (Phi) is 2.46. The van der Waals surface area contributed by atoms with Crippen LogP contribution >= 0.6 is 0 Å². The fraction of sp³-hybridized carbons (Fsp3) is 0.182. The highest BCUT2D eigenvalue weighted by Crippen LogP contribution is 2.15. The average molecular weight is 185 g/mol. The summed E-state index contributed by atoms with van der Waals surface area (Å²) < 4.78 is 0. The van der Waals surface area contributed by atoms with Crippen molar-refractivity contribution in [3.05, 3.63) is 41.8 Å². The van der Waals surface area contributed by atoms with Gasteiger partial charge in [0.05, 0.1) is 11.6 Å². The zero-order chi connectivity index (χ0) is 9.80. The van der Waals surface area contributed by atoms with E-state index in [4.69, 9.17) is 10.1 Å². The van der Waals surface area contributed by atoms with E-state index in [0.717, 1.165) is 12.0 Å². The van der Waals surface area contributed by atoms with Gasteiger partial charge in [0.15, 0.2) is 0 Å². The Hall–Kier alpha value is -1.82. The van der Waals surface area contributed by atoms with Crippen LogP contribution in [-0.4, -0.2) is 12.3 Å². The van der Waals surface area contributed by atoms with E-state index < -0.39 is 0 Å². The van der Waals surface area contributed by atoms with E-state index in [9.17, 15) is 0 Å². The Bertz CT molecular complexity index is 367. The van der Waals surface area contributed by atoms with Gasteiger partial charge in [-0.1, -0.05) is 17.3 Å². The van der Waals surface area contributed by atoms with Gasteiger partial charge in [-0.05, 0) is 17.7 Å². The number of benzene rings is 1. The van der Waals surface area contributed by atoms with Crippen LogP contribution < -0.4 is 0 Å². The van der Waals surface area contributed by atoms with Crippen molar-refractivity contribution >= 4 is 6.21 Å². The van der Waals surface area contributed by atoms with Crippen LogP contribution in [0.3, 0.4) is 0 Å². The molecule has 0 saturated carbocycles. The van der Waals surface area contributed by atoms with Crippen molar-refractivity contribution in [2.45, 2.75) is 12.5 Å². The van der Waals surface area contributed by atoms with E-state index in [-0.39, 0.29) is 6.10 Å². The van der Waals surface area contributed by atoms with E-state index in [1.807, 2.05) is 18.6 Å². The molecule has 0 saturated heterocycles. The molecule has 3 heteroatoms. The number of oxime groups is 1. The summed E-state index contributed by atoms with van der Waals surface area (Å²) in [5.41, 5.74) is 1.73. The van der Waals surface area contributed by atoms with Crippen molar-refractivity contribution in [1.82, 2.24) is 0 Å². The molecule has 1 aliphatic rings. The third-order valence-corrected chi connectivity index (χ3v) is 2.03. The summed E-state index contributed by atoms with van der Waals surface area (Å²) in [5, 5.41) is 12.3. The molecule has 1 aromatic carbocycles. The van der Waals surface area contributed by atoms with Crippen molar-refractivity contribution in [3.8, 4) is 6.07 Å². The Morgan fingerprint density at radius 1 is 1.43 bits per heavy atom. The molecule has 0 N–H and O–H groups in total. The second kappa shape index (κ2) is 3.93. The van der Waals surface area contributed by atoms with Gasteiger partial charge in [-0.3, -0.25) is 0 Å². The van der Waals surface area contributed by atoms with Gasteiger partial charge in [-0.15, -0.1) is 0 Å². The first kappa shape index (κ1) is 8.76. The van der Waals surface area contributed by atoms with Crippen molar-refractivity contribution in [3.63, 3.8) is 0 Å². The molecule has 0 aromatic heterocycles. The van der Waals surface area contributed by atoms with Crippen LogP contribution in [0.2, 0.25) is 0 Å². The molecular formula is C11H9N2O. The van der Waals surface area contributed by atoms with Crippen LogP contribution in [0.25, 0.3) is 0 Å². The third kappa shape index (κ3) is 1.91. The molecule has 1 atom stereocenters. The summed E-state index contributed by atoms with van der Waals surface area (Å²) in [6.45, 7) is 0. The highest BCUT2D eigenvalue weighted by molar-refractivity contribution is 5.59. The molecular weight excluding hydrogens is 176 g/mol. The zero-order valence-corrected chi connectivity index (χ0v) is 7.55. The molecule has 0 fully saturated rings. The molecule has 1 radical (unpaired) electrons. The zero-order valence-electron chi connectivity index (χ0n) is 7.55. The largest absolute Gasteiger partial charge is 0.392 e. The van der Waals surface area contributed by atoms with Gasteiger partial charge in [0.2, 0.25) is 0 Å². The van der Waals surface area contributed by atoms with E-state index in [2.05, 4.69) is 11.2 Å². The van der Waals surface area contributed by atoms with Gasteiger partial charge in [0, 0.05) is 19.1 Å². The fourth-order valence-electron chi connectivity index (χ4n) is 1.29. The molecule has 2 rings (SSSR count). The minimum absolute atomic E-state index is 0.0444. The minimum Gasteiger partial charge on any atom is -0.392 e. The predicted molar refractivity (Wildman–Crippen MR) is 52.5 cm³/mol. The van der Waals surface area contributed by atoms with E-state index in [1.54, 1.807) is 18.3 Å². The van der Waals surface area contributed by atoms with Crippen molar-refractivity contribution in [2.24, 2.45) is 5.16 Å². The van der Waals surface area contributed by atoms with E-state index in [0.29, 0.717) is 5.56 Å². The maximum atomic E-state index is 8.61. The summed E-state index contributed by atoms with van der Waals surface area (Å²) in [6, 6.07) is 9.47. The van der Waals surface area contributed by atoms with E-state index in [1.165, 1.54) is 0 Å². The molecule has 1 heterocycles. The summed E-state index contributed by atoms with van der Waals surface area (Å²) in [6.07, 6.45) is 4.61. The lowest BCUT2D eigenvalue weighted by atomic mass is 10.1. The maximum Gasteiger partial charge on any atom is 0.140 e. The first-order valence-electron chi connectivity index (χ1n) is 4.41. The van der Waals surface area contributed by atoms with Gasteiger partial charge in [-0.25, -0.2) is 0 Å². The van der Waals surface area contributed by atoms with Gasteiger partial charge < -0.3 is 4.84 Å². The lowest BCUT2D eigenvalue weighted by Crippen LogP contribution is -2.06. The SMILES string of the molecule is N#Cc1ccc([CH]C2CC=NO2)cc1. The standard InChI is InChI=1S/C11H9N2O/c12-8-10-3-1-9(2-4-10)7-11-5-6-13-14-11/h1-4,6-7,11H,5H2. The average Bonchev–Trinajstić information content (AvgIpc) is 2.72. The maximum absolute atomic E-state index is 8.61. The Balaban J connectivity index is 2.00. The summed E-state index contributed by atoms with van der Waals surface area (Å²) in [4.78, 5) is 5.06. The third-order valence-electron chi connectivity index (χ3n) is 2.03. The van der Waals surface area contributed by atoms with Gasteiger partial charge in [0.25, 0.3) is 0 Å². The lowest BCUT2D eigenvalue weighted by Gasteiger charge is -2.06. The minimum atomic E-state index is 0.0444. The second-order valence-electron chi connectivity index (χ2n) is 3.07. The molecule has 1 unspecified atom stereocenters. The second-order valence-corrected chi connectivity index (χ2v) is 3.07. The van der Waals surface area contributed by atoms with Crippen LogP contribution in [0.1, 0.15) is 17.5 Å². The van der Waals surface area contributed by atoms with Gasteiger partial charge in [0.1, 0.15) is 6.10 Å². The van der Waals surface area contributed by atoms with Crippen molar-refractivity contribution in [2.75, 3.05) is 0 Å². The number of rotatable bonds is 2. The lowest BCUT2D eigenvalue weighted by molar-refractivity contribution is 0.111. The monoisotopic (exact) mass is 185 g/mol. The van der Waals surface area contributed by atoms with Crippen molar-refractivity contribution in [1.29, 1.82) is 5.26 Å². The molecule has 1 aliphatic heterocycles. The Labute approximate surface area is 82.6 Å². The predicted octanol–water partition coefficient (Wildman–Crippen LogP) is 1.89. The topological polar surface area (TPSA) is 45.4 Å². The smallest absolute Gasteiger partial charge is 0.140 e. The first-order chi connectivity index (χ1) is 6.88. The van der Waals surface area contributed by atoms with Crippen LogP contribution in [0, 0.1) is 17.8 Å². The van der Waals surface area contributed by atoms with Crippen LogP contribution in [-0.2, 0) is 4.84 Å². The molecule has 1 aromatic rings. The summed E-state index contributed by atoms with van der Waals surface area (Å²) >= 11 is 0. The molecule has 0 bridgehead atoms. The molecule has 14 heavy (non-hydrogen) atoms. The Morgan fingerprint density at radius 3 is 2.79 bits per heavy atom. The molecule has 0 aliphatic carbocycles. The number of nitrogens with zero attached hydrogens (tertiary/aromatic N) is 2.